The molecule has 0 aliphatic carbocycles. The predicted molar refractivity (Wildman–Crippen MR) is 168 cm³/mol. The van der Waals surface area contributed by atoms with Crippen molar-refractivity contribution in [3.05, 3.63) is 113 Å². The zero-order valence-corrected chi connectivity index (χ0v) is 24.8. The Labute approximate surface area is 259 Å². The summed E-state index contributed by atoms with van der Waals surface area (Å²) in [5, 5.41) is 19.9. The molecule has 224 valence electrons. The number of aromatic nitrogens is 4. The first kappa shape index (κ1) is 28.3. The lowest BCUT2D eigenvalue weighted by molar-refractivity contribution is -0.0247. The van der Waals surface area contributed by atoms with Gasteiger partial charge in [-0.1, -0.05) is 29.8 Å². The average molecular weight is 610 g/mol. The van der Waals surface area contributed by atoms with Crippen molar-refractivity contribution in [3.8, 4) is 0 Å². The van der Waals surface area contributed by atoms with E-state index in [0.29, 0.717) is 62.2 Å². The number of halogens is 1. The summed E-state index contributed by atoms with van der Waals surface area (Å²) in [7, 11) is 0. The van der Waals surface area contributed by atoms with E-state index in [2.05, 4.69) is 20.3 Å². The molecule has 2 aliphatic rings. The monoisotopic (exact) mass is 609 g/mol. The summed E-state index contributed by atoms with van der Waals surface area (Å²) in [6, 6.07) is 24.5. The normalized spacial score (nSPS) is 18.4. The second-order valence-corrected chi connectivity index (χ2v) is 11.6. The molecule has 5 aromatic rings. The Morgan fingerprint density at radius 2 is 1.77 bits per heavy atom. The Morgan fingerprint density at radius 3 is 2.52 bits per heavy atom. The summed E-state index contributed by atoms with van der Waals surface area (Å²) in [6.07, 6.45) is 4.55. The van der Waals surface area contributed by atoms with Crippen molar-refractivity contribution in [1.29, 1.82) is 0 Å². The van der Waals surface area contributed by atoms with Crippen LogP contribution >= 0.6 is 11.6 Å². The van der Waals surface area contributed by atoms with Gasteiger partial charge in [0.25, 0.3) is 5.91 Å². The zero-order chi connectivity index (χ0) is 30.1. The highest BCUT2D eigenvalue weighted by Gasteiger charge is 2.35. The van der Waals surface area contributed by atoms with E-state index in [9.17, 15) is 9.90 Å². The van der Waals surface area contributed by atoms with Gasteiger partial charge in [0.15, 0.2) is 5.65 Å². The summed E-state index contributed by atoms with van der Waals surface area (Å²) in [6.45, 7) is 2.81. The van der Waals surface area contributed by atoms with Crippen LogP contribution in [0.4, 0.5) is 17.3 Å². The van der Waals surface area contributed by atoms with Crippen molar-refractivity contribution < 1.29 is 14.6 Å². The van der Waals surface area contributed by atoms with Gasteiger partial charge in [0.2, 0.25) is 5.95 Å². The van der Waals surface area contributed by atoms with Crippen LogP contribution in [0.25, 0.3) is 5.65 Å². The van der Waals surface area contributed by atoms with Crippen molar-refractivity contribution in [2.24, 2.45) is 0 Å². The summed E-state index contributed by atoms with van der Waals surface area (Å²) in [5.41, 5.74) is 3.90. The molecule has 0 radical (unpaired) electrons. The van der Waals surface area contributed by atoms with Crippen LogP contribution in [0.15, 0.2) is 91.3 Å². The lowest BCUT2D eigenvalue weighted by atomic mass is 9.84. The minimum Gasteiger partial charge on any atom is -0.385 e. The second-order valence-electron chi connectivity index (χ2n) is 11.2. The van der Waals surface area contributed by atoms with Crippen LogP contribution in [0, 0.1) is 0 Å². The number of benzene rings is 2. The first-order valence-corrected chi connectivity index (χ1v) is 15.1. The van der Waals surface area contributed by atoms with Crippen LogP contribution in [0.3, 0.4) is 0 Å². The van der Waals surface area contributed by atoms with Crippen molar-refractivity contribution in [1.82, 2.24) is 24.5 Å². The number of hydrogen-bond donors (Lipinski definition) is 2. The molecular formula is C33H32ClN7O3. The maximum atomic E-state index is 13.3. The van der Waals surface area contributed by atoms with E-state index >= 15 is 0 Å². The van der Waals surface area contributed by atoms with Gasteiger partial charge in [-0.3, -0.25) is 9.78 Å². The molecule has 3 aromatic heterocycles. The van der Waals surface area contributed by atoms with E-state index < -0.39 is 5.60 Å². The number of ether oxygens (including phenoxy) is 1. The summed E-state index contributed by atoms with van der Waals surface area (Å²) < 4.78 is 7.62. The summed E-state index contributed by atoms with van der Waals surface area (Å²) in [5.74, 6) is 0.415. The second kappa shape index (κ2) is 11.9. The molecule has 2 fully saturated rings. The van der Waals surface area contributed by atoms with Crippen LogP contribution in [0.1, 0.15) is 40.6 Å². The Balaban J connectivity index is 1.01. The van der Waals surface area contributed by atoms with Crippen LogP contribution in [-0.4, -0.2) is 68.3 Å². The Kier molecular flexibility index (Phi) is 7.63. The number of fused-ring (bicyclic) bond motifs is 1. The summed E-state index contributed by atoms with van der Waals surface area (Å²) >= 11 is 6.05. The fourth-order valence-electron chi connectivity index (χ4n) is 5.95. The third kappa shape index (κ3) is 5.71. The molecule has 7 rings (SSSR count). The number of hydrogen-bond acceptors (Lipinski definition) is 8. The fraction of sp³-hybridized carbons (Fsp3) is 0.273. The predicted octanol–water partition coefficient (Wildman–Crippen LogP) is 5.22. The molecule has 0 saturated carbocycles. The average Bonchev–Trinajstić information content (AvgIpc) is 3.49. The number of amides is 1. The van der Waals surface area contributed by atoms with Crippen molar-refractivity contribution in [2.75, 3.05) is 43.0 Å². The molecule has 0 spiro atoms. The number of rotatable bonds is 6. The van der Waals surface area contributed by atoms with Gasteiger partial charge in [0.1, 0.15) is 6.10 Å². The van der Waals surface area contributed by atoms with Crippen LogP contribution in [0.5, 0.6) is 0 Å². The Morgan fingerprint density at radius 1 is 0.977 bits per heavy atom. The molecule has 1 amide bonds. The van der Waals surface area contributed by atoms with Gasteiger partial charge >= 0.3 is 0 Å². The van der Waals surface area contributed by atoms with Gasteiger partial charge in [-0.15, -0.1) is 5.10 Å². The molecule has 2 N–H and O–H groups in total. The molecule has 11 heteroatoms. The van der Waals surface area contributed by atoms with Crippen molar-refractivity contribution >= 4 is 40.5 Å². The van der Waals surface area contributed by atoms with Gasteiger partial charge in [-0.2, -0.15) is 4.98 Å². The molecule has 2 aromatic carbocycles. The SMILES string of the molecule is O=C(c1ccc(Nc2nc3c(N4CCC(O)(c5ccc(Cl)cc5)CC4)cccn3n2)cc1)N1CCOC(c2ccccn2)C1. The highest BCUT2D eigenvalue weighted by molar-refractivity contribution is 6.30. The summed E-state index contributed by atoms with van der Waals surface area (Å²) in [4.78, 5) is 26.5. The lowest BCUT2D eigenvalue weighted by Gasteiger charge is -2.39. The van der Waals surface area contributed by atoms with Gasteiger partial charge in [0, 0.05) is 48.3 Å². The van der Waals surface area contributed by atoms with Gasteiger partial charge in [-0.25, -0.2) is 4.52 Å². The first-order valence-electron chi connectivity index (χ1n) is 14.7. The van der Waals surface area contributed by atoms with E-state index in [1.807, 2.05) is 90.0 Å². The van der Waals surface area contributed by atoms with Gasteiger partial charge < -0.3 is 25.0 Å². The van der Waals surface area contributed by atoms with Crippen LogP contribution < -0.4 is 10.2 Å². The molecule has 44 heavy (non-hydrogen) atoms. The van der Waals surface area contributed by atoms with Crippen LogP contribution in [-0.2, 0) is 10.3 Å². The fourth-order valence-corrected chi connectivity index (χ4v) is 6.07. The largest absolute Gasteiger partial charge is 0.385 e. The highest BCUT2D eigenvalue weighted by Crippen LogP contribution is 2.36. The van der Waals surface area contributed by atoms with Crippen molar-refractivity contribution in [2.45, 2.75) is 24.5 Å². The molecule has 2 saturated heterocycles. The minimum atomic E-state index is -0.886. The molecule has 5 heterocycles. The van der Waals surface area contributed by atoms with Gasteiger partial charge in [-0.05, 0) is 79.1 Å². The standard InChI is InChI=1S/C33H32ClN7O3/c34-25-10-8-24(9-11-25)33(43)14-18-39(19-15-33)28-5-3-17-41-30(28)37-32(38-41)36-26-12-6-23(7-13-26)31(42)40-20-21-44-29(22-40)27-4-1-2-16-35-27/h1-13,16-17,29,43H,14-15,18-22H2,(H,36,38). The molecule has 1 atom stereocenters. The number of carbonyl (C=O) groups is 1. The van der Waals surface area contributed by atoms with Crippen LogP contribution in [0.2, 0.25) is 5.02 Å². The third-order valence-electron chi connectivity index (χ3n) is 8.41. The number of carbonyl (C=O) groups excluding carboxylic acids is 1. The van der Waals surface area contributed by atoms with E-state index in [-0.39, 0.29) is 12.0 Å². The highest BCUT2D eigenvalue weighted by atomic mass is 35.5. The maximum absolute atomic E-state index is 13.3. The molecule has 0 bridgehead atoms. The number of anilines is 3. The number of nitrogens with one attached hydrogen (secondary N) is 1. The Hall–Kier alpha value is -4.51. The van der Waals surface area contributed by atoms with Gasteiger partial charge in [0.05, 0.1) is 30.1 Å². The topological polar surface area (TPSA) is 108 Å². The number of piperidine rings is 1. The third-order valence-corrected chi connectivity index (χ3v) is 8.67. The van der Waals surface area contributed by atoms with E-state index in [1.54, 1.807) is 10.7 Å². The number of aliphatic hydroxyl groups is 1. The minimum absolute atomic E-state index is 0.0410. The van der Waals surface area contributed by atoms with E-state index in [0.717, 1.165) is 28.3 Å². The molecular weight excluding hydrogens is 578 g/mol. The quantitative estimate of drug-likeness (QED) is 0.270. The molecule has 2 aliphatic heterocycles. The number of nitrogens with zero attached hydrogens (tertiary/aromatic N) is 6. The Bertz CT molecular complexity index is 1750. The van der Waals surface area contributed by atoms with E-state index in [1.165, 1.54) is 0 Å². The smallest absolute Gasteiger partial charge is 0.254 e. The number of pyridine rings is 2. The van der Waals surface area contributed by atoms with Crippen molar-refractivity contribution in [3.63, 3.8) is 0 Å². The molecule has 10 nitrogen and oxygen atoms in total. The zero-order valence-electron chi connectivity index (χ0n) is 24.0. The first-order chi connectivity index (χ1) is 21.4. The number of morpholine rings is 1. The lowest BCUT2D eigenvalue weighted by Crippen LogP contribution is -2.42. The van der Waals surface area contributed by atoms with E-state index in [4.69, 9.17) is 21.3 Å². The maximum Gasteiger partial charge on any atom is 0.254 e. The molecule has 1 unspecified atom stereocenters.